The minimum atomic E-state index is -0.358. The van der Waals surface area contributed by atoms with Gasteiger partial charge in [0.1, 0.15) is 11.6 Å². The van der Waals surface area contributed by atoms with E-state index in [2.05, 4.69) is 10.2 Å². The number of halogens is 2. The summed E-state index contributed by atoms with van der Waals surface area (Å²) in [5, 5.41) is 8.82. The van der Waals surface area contributed by atoms with Crippen LogP contribution in [0.3, 0.4) is 0 Å². The zero-order valence-electron chi connectivity index (χ0n) is 12.1. The summed E-state index contributed by atoms with van der Waals surface area (Å²) in [6.45, 7) is 0. The van der Waals surface area contributed by atoms with Crippen LogP contribution in [0, 0.1) is 5.82 Å². The van der Waals surface area contributed by atoms with Crippen LogP contribution in [-0.2, 0) is 5.75 Å². The second kappa shape index (κ2) is 7.02. The maximum Gasteiger partial charge on any atom is 0.277 e. The zero-order chi connectivity index (χ0) is 16.2. The number of hydrogen-bond acceptors (Lipinski definition) is 5. The normalized spacial score (nSPS) is 10.7. The Hall–Kier alpha value is -2.05. The fourth-order valence-corrected chi connectivity index (χ4v) is 2.98. The van der Waals surface area contributed by atoms with E-state index in [-0.39, 0.29) is 5.82 Å². The number of hydrogen-bond donors (Lipinski definition) is 0. The van der Waals surface area contributed by atoms with Crippen molar-refractivity contribution < 1.29 is 13.5 Å². The maximum absolute atomic E-state index is 13.0. The van der Waals surface area contributed by atoms with Crippen LogP contribution in [0.25, 0.3) is 11.5 Å². The van der Waals surface area contributed by atoms with Gasteiger partial charge >= 0.3 is 0 Å². The Morgan fingerprint density at radius 3 is 2.65 bits per heavy atom. The molecule has 23 heavy (non-hydrogen) atoms. The molecule has 0 amide bonds. The van der Waals surface area contributed by atoms with Gasteiger partial charge in [0.15, 0.2) is 0 Å². The molecule has 0 saturated heterocycles. The Labute approximate surface area is 141 Å². The highest BCUT2D eigenvalue weighted by Crippen LogP contribution is 2.29. The minimum absolute atomic E-state index is 0.358. The molecule has 0 N–H and O–H groups in total. The fourth-order valence-electron chi connectivity index (χ4n) is 1.90. The van der Waals surface area contributed by atoms with Crippen LogP contribution in [0.15, 0.2) is 52.1 Å². The van der Waals surface area contributed by atoms with Crippen molar-refractivity contribution in [2.24, 2.45) is 0 Å². The van der Waals surface area contributed by atoms with Crippen molar-refractivity contribution in [2.45, 2.75) is 11.0 Å². The highest BCUT2D eigenvalue weighted by atomic mass is 35.5. The van der Waals surface area contributed by atoms with Crippen LogP contribution in [0.4, 0.5) is 4.39 Å². The standard InChI is InChI=1S/C16H12ClFN2O2S/c1-21-13-6-3-10(4-7-13)15-19-20-16(22-15)23-9-11-2-5-12(18)8-14(11)17/h2-8H,9H2,1H3. The minimum Gasteiger partial charge on any atom is -0.497 e. The van der Waals surface area contributed by atoms with Crippen LogP contribution in [0.1, 0.15) is 5.56 Å². The summed E-state index contributed by atoms with van der Waals surface area (Å²) in [7, 11) is 1.61. The van der Waals surface area contributed by atoms with Crippen LogP contribution >= 0.6 is 23.4 Å². The lowest BCUT2D eigenvalue weighted by molar-refractivity contribution is 0.414. The molecule has 0 radical (unpaired) electrons. The second-order valence-corrected chi connectivity index (χ2v) is 5.96. The molecule has 4 nitrogen and oxygen atoms in total. The highest BCUT2D eigenvalue weighted by Gasteiger charge is 2.10. The van der Waals surface area contributed by atoms with E-state index in [9.17, 15) is 4.39 Å². The number of ether oxygens (including phenoxy) is 1. The Kier molecular flexibility index (Phi) is 4.83. The van der Waals surface area contributed by atoms with E-state index < -0.39 is 0 Å². The predicted molar refractivity (Wildman–Crippen MR) is 87.3 cm³/mol. The molecule has 3 aromatic rings. The monoisotopic (exact) mass is 350 g/mol. The Morgan fingerprint density at radius 2 is 1.96 bits per heavy atom. The smallest absolute Gasteiger partial charge is 0.277 e. The molecule has 118 valence electrons. The molecule has 0 fully saturated rings. The van der Waals surface area contributed by atoms with E-state index >= 15 is 0 Å². The Morgan fingerprint density at radius 1 is 1.17 bits per heavy atom. The van der Waals surface area contributed by atoms with Gasteiger partial charge in [-0.3, -0.25) is 0 Å². The summed E-state index contributed by atoms with van der Waals surface area (Å²) in [4.78, 5) is 0. The first kappa shape index (κ1) is 15.8. The van der Waals surface area contributed by atoms with Gasteiger partial charge in [-0.25, -0.2) is 4.39 Å². The molecule has 0 aliphatic rings. The average Bonchev–Trinajstić information content (AvgIpc) is 3.03. The molecule has 0 aliphatic carbocycles. The molecule has 7 heteroatoms. The second-order valence-electron chi connectivity index (χ2n) is 4.63. The molecule has 1 heterocycles. The third kappa shape index (κ3) is 3.83. The topological polar surface area (TPSA) is 48.2 Å². The number of thioether (sulfide) groups is 1. The summed E-state index contributed by atoms with van der Waals surface area (Å²) in [6.07, 6.45) is 0. The van der Waals surface area contributed by atoms with Crippen molar-refractivity contribution >= 4 is 23.4 Å². The lowest BCUT2D eigenvalue weighted by atomic mass is 10.2. The molecule has 0 unspecified atom stereocenters. The summed E-state index contributed by atoms with van der Waals surface area (Å²) in [5.41, 5.74) is 1.62. The summed E-state index contributed by atoms with van der Waals surface area (Å²) in [5.74, 6) is 1.35. The molecule has 2 aromatic carbocycles. The number of methoxy groups -OCH3 is 1. The van der Waals surface area contributed by atoms with Gasteiger partial charge < -0.3 is 9.15 Å². The van der Waals surface area contributed by atoms with Gasteiger partial charge in [0.05, 0.1) is 7.11 Å². The van der Waals surface area contributed by atoms with Crippen molar-refractivity contribution in [2.75, 3.05) is 7.11 Å². The molecule has 0 saturated carbocycles. The summed E-state index contributed by atoms with van der Waals surface area (Å²) in [6, 6.07) is 11.6. The van der Waals surface area contributed by atoms with Crippen molar-refractivity contribution in [3.05, 3.63) is 58.9 Å². The van der Waals surface area contributed by atoms with Gasteiger partial charge in [0.2, 0.25) is 5.89 Å². The van der Waals surface area contributed by atoms with E-state index in [0.29, 0.717) is 21.9 Å². The number of aromatic nitrogens is 2. The van der Waals surface area contributed by atoms with Gasteiger partial charge in [0, 0.05) is 16.3 Å². The predicted octanol–water partition coefficient (Wildman–Crippen LogP) is 4.83. The largest absolute Gasteiger partial charge is 0.497 e. The van der Waals surface area contributed by atoms with Gasteiger partial charge in [-0.1, -0.05) is 29.4 Å². The number of benzene rings is 2. The third-order valence-corrected chi connectivity index (χ3v) is 4.33. The molecule has 0 spiro atoms. The molecular weight excluding hydrogens is 339 g/mol. The lowest BCUT2D eigenvalue weighted by Gasteiger charge is -2.01. The Bertz CT molecular complexity index is 808. The van der Waals surface area contributed by atoms with E-state index in [0.717, 1.165) is 16.9 Å². The van der Waals surface area contributed by atoms with Crippen LogP contribution in [-0.4, -0.2) is 17.3 Å². The van der Waals surface area contributed by atoms with Crippen LogP contribution in [0.5, 0.6) is 5.75 Å². The van der Waals surface area contributed by atoms with Gasteiger partial charge in [-0.05, 0) is 42.0 Å². The number of rotatable bonds is 5. The van der Waals surface area contributed by atoms with Gasteiger partial charge in [0.25, 0.3) is 5.22 Å². The van der Waals surface area contributed by atoms with Gasteiger partial charge in [-0.15, -0.1) is 10.2 Å². The van der Waals surface area contributed by atoms with Gasteiger partial charge in [-0.2, -0.15) is 0 Å². The highest BCUT2D eigenvalue weighted by molar-refractivity contribution is 7.98. The molecule has 3 rings (SSSR count). The quantitative estimate of drug-likeness (QED) is 0.617. The molecule has 0 bridgehead atoms. The van der Waals surface area contributed by atoms with Crippen LogP contribution in [0.2, 0.25) is 5.02 Å². The zero-order valence-corrected chi connectivity index (χ0v) is 13.7. The van der Waals surface area contributed by atoms with Crippen LogP contribution < -0.4 is 4.74 Å². The lowest BCUT2D eigenvalue weighted by Crippen LogP contribution is -1.84. The number of nitrogens with zero attached hydrogens (tertiary/aromatic N) is 2. The van der Waals surface area contributed by atoms with E-state index in [1.807, 2.05) is 24.3 Å². The van der Waals surface area contributed by atoms with Crippen molar-refractivity contribution in [3.8, 4) is 17.2 Å². The molecule has 0 aliphatic heterocycles. The fraction of sp³-hybridized carbons (Fsp3) is 0.125. The average molecular weight is 351 g/mol. The summed E-state index contributed by atoms with van der Waals surface area (Å²) >= 11 is 7.34. The first-order valence-electron chi connectivity index (χ1n) is 6.70. The van der Waals surface area contributed by atoms with Crippen molar-refractivity contribution in [3.63, 3.8) is 0 Å². The van der Waals surface area contributed by atoms with E-state index in [4.69, 9.17) is 20.8 Å². The van der Waals surface area contributed by atoms with E-state index in [1.165, 1.54) is 23.9 Å². The Balaban J connectivity index is 1.69. The first-order valence-corrected chi connectivity index (χ1v) is 8.07. The molecule has 1 aromatic heterocycles. The molecule has 0 atom stereocenters. The van der Waals surface area contributed by atoms with E-state index in [1.54, 1.807) is 13.2 Å². The third-order valence-electron chi connectivity index (χ3n) is 3.11. The van der Waals surface area contributed by atoms with Crippen molar-refractivity contribution in [1.82, 2.24) is 10.2 Å². The molecular formula is C16H12ClFN2O2S. The summed E-state index contributed by atoms with van der Waals surface area (Å²) < 4.78 is 23.7. The first-order chi connectivity index (χ1) is 11.2. The van der Waals surface area contributed by atoms with Crippen molar-refractivity contribution in [1.29, 1.82) is 0 Å². The maximum atomic E-state index is 13.0. The SMILES string of the molecule is COc1ccc(-c2nnc(SCc3ccc(F)cc3Cl)o2)cc1.